The van der Waals surface area contributed by atoms with Crippen molar-refractivity contribution in [1.82, 2.24) is 14.6 Å². The molecule has 0 aliphatic rings. The van der Waals surface area contributed by atoms with Gasteiger partial charge in [-0.1, -0.05) is 0 Å². The molecule has 2 rings (SSSR count). The Balaban J connectivity index is 2.88. The minimum atomic E-state index is 0.903. The van der Waals surface area contributed by atoms with Gasteiger partial charge in [-0.25, -0.2) is 9.50 Å². The quantitative estimate of drug-likeness (QED) is 0.537. The molecule has 0 fully saturated rings. The Morgan fingerprint density at radius 2 is 2.40 bits per heavy atom. The van der Waals surface area contributed by atoms with Crippen molar-refractivity contribution >= 4 is 5.65 Å². The van der Waals surface area contributed by atoms with E-state index in [9.17, 15) is 0 Å². The second-order valence-electron chi connectivity index (χ2n) is 2.21. The molecule has 0 radical (unpaired) electrons. The highest BCUT2D eigenvalue weighted by atomic mass is 15.2. The number of rotatable bonds is 0. The molecule has 50 valence electrons. The van der Waals surface area contributed by atoms with Crippen LogP contribution in [0.2, 0.25) is 0 Å². The van der Waals surface area contributed by atoms with E-state index in [4.69, 9.17) is 0 Å². The average Bonchev–Trinajstić information content (AvgIpc) is 2.27. The number of nitrogens with zero attached hydrogens (tertiary/aromatic N) is 3. The van der Waals surface area contributed by atoms with Gasteiger partial charge in [-0.05, 0) is 19.1 Å². The average molecular weight is 133 g/mol. The molecule has 0 aromatic carbocycles. The third-order valence-electron chi connectivity index (χ3n) is 1.36. The smallest absolute Gasteiger partial charge is 0.153 e. The fourth-order valence-corrected chi connectivity index (χ4v) is 0.949. The van der Waals surface area contributed by atoms with E-state index in [0.717, 1.165) is 11.3 Å². The minimum absolute atomic E-state index is 0.903. The molecule has 0 unspecified atom stereocenters. The molecule has 0 spiro atoms. The maximum atomic E-state index is 4.21. The fraction of sp³-hybridized carbons (Fsp3) is 0.143. The number of imidazole rings is 1. The highest BCUT2D eigenvalue weighted by Crippen LogP contribution is 1.99. The van der Waals surface area contributed by atoms with Crippen LogP contribution in [-0.2, 0) is 0 Å². The van der Waals surface area contributed by atoms with E-state index in [1.807, 2.05) is 25.3 Å². The molecule has 2 aromatic rings. The first kappa shape index (κ1) is 5.41. The summed E-state index contributed by atoms with van der Waals surface area (Å²) >= 11 is 0. The Bertz CT molecular complexity index is 317. The summed E-state index contributed by atoms with van der Waals surface area (Å²) in [6.07, 6.45) is 3.64. The highest BCUT2D eigenvalue weighted by Gasteiger charge is 1.93. The number of hydrogen-bond acceptors (Lipinski definition) is 2. The summed E-state index contributed by atoms with van der Waals surface area (Å²) in [6, 6.07) is 3.81. The van der Waals surface area contributed by atoms with Crippen LogP contribution in [0.3, 0.4) is 0 Å². The summed E-state index contributed by atoms with van der Waals surface area (Å²) in [6.45, 7) is 1.95. The van der Waals surface area contributed by atoms with E-state index in [-0.39, 0.29) is 0 Å². The molecule has 3 nitrogen and oxygen atoms in total. The van der Waals surface area contributed by atoms with Gasteiger partial charge in [0.05, 0.1) is 11.9 Å². The topological polar surface area (TPSA) is 30.2 Å². The molecule has 0 aliphatic heterocycles. The van der Waals surface area contributed by atoms with Crippen LogP contribution >= 0.6 is 0 Å². The number of aryl methyl sites for hydroxylation is 1. The molecule has 0 saturated heterocycles. The SMILES string of the molecule is Cc1cn2ncccc2n1. The molecule has 0 saturated carbocycles. The molecule has 0 amide bonds. The molecule has 0 N–H and O–H groups in total. The van der Waals surface area contributed by atoms with Crippen LogP contribution < -0.4 is 0 Å². The first-order chi connectivity index (χ1) is 4.86. The van der Waals surface area contributed by atoms with Gasteiger partial charge in [0.2, 0.25) is 0 Å². The van der Waals surface area contributed by atoms with Crippen LogP contribution in [0.25, 0.3) is 5.65 Å². The first-order valence-corrected chi connectivity index (χ1v) is 3.13. The van der Waals surface area contributed by atoms with Gasteiger partial charge in [0.1, 0.15) is 0 Å². The third kappa shape index (κ3) is 0.673. The molecule has 2 aromatic heterocycles. The summed E-state index contributed by atoms with van der Waals surface area (Å²) in [7, 11) is 0. The van der Waals surface area contributed by atoms with Gasteiger partial charge in [-0.3, -0.25) is 0 Å². The van der Waals surface area contributed by atoms with Crippen LogP contribution in [0.4, 0.5) is 0 Å². The molecule has 3 heteroatoms. The fourth-order valence-electron chi connectivity index (χ4n) is 0.949. The molecular weight excluding hydrogens is 126 g/mol. The Kier molecular flexibility index (Phi) is 0.974. The summed E-state index contributed by atoms with van der Waals surface area (Å²) < 4.78 is 1.76. The molecule has 0 bridgehead atoms. The van der Waals surface area contributed by atoms with E-state index in [2.05, 4.69) is 10.1 Å². The number of fused-ring (bicyclic) bond motifs is 1. The lowest BCUT2D eigenvalue weighted by Crippen LogP contribution is -1.85. The molecule has 2 heterocycles. The minimum Gasteiger partial charge on any atom is -0.232 e. The van der Waals surface area contributed by atoms with Crippen LogP contribution in [-0.4, -0.2) is 14.6 Å². The van der Waals surface area contributed by atoms with Crippen LogP contribution in [0.1, 0.15) is 5.69 Å². The number of hydrogen-bond donors (Lipinski definition) is 0. The Labute approximate surface area is 58.3 Å². The molecular formula is C7H7N3. The zero-order valence-corrected chi connectivity index (χ0v) is 5.65. The first-order valence-electron chi connectivity index (χ1n) is 3.13. The van der Waals surface area contributed by atoms with Gasteiger partial charge in [-0.2, -0.15) is 5.10 Å². The van der Waals surface area contributed by atoms with Crippen molar-refractivity contribution in [1.29, 1.82) is 0 Å². The second kappa shape index (κ2) is 1.80. The summed E-state index contributed by atoms with van der Waals surface area (Å²) in [5.41, 5.74) is 1.90. The standard InChI is InChI=1S/C7H7N3/c1-6-5-10-7(9-6)3-2-4-8-10/h2-5H,1H3. The van der Waals surface area contributed by atoms with Crippen molar-refractivity contribution in [2.24, 2.45) is 0 Å². The highest BCUT2D eigenvalue weighted by molar-refractivity contribution is 5.36. The van der Waals surface area contributed by atoms with Crippen molar-refractivity contribution < 1.29 is 0 Å². The largest absolute Gasteiger partial charge is 0.232 e. The number of aromatic nitrogens is 3. The van der Waals surface area contributed by atoms with Gasteiger partial charge in [0.25, 0.3) is 0 Å². The monoisotopic (exact) mass is 133 g/mol. The maximum absolute atomic E-state index is 4.21. The van der Waals surface area contributed by atoms with Gasteiger partial charge in [0.15, 0.2) is 5.65 Å². The zero-order valence-electron chi connectivity index (χ0n) is 5.65. The van der Waals surface area contributed by atoms with Crippen molar-refractivity contribution in [3.8, 4) is 0 Å². The predicted molar refractivity (Wildman–Crippen MR) is 37.7 cm³/mol. The maximum Gasteiger partial charge on any atom is 0.153 e. The Morgan fingerprint density at radius 3 is 3.20 bits per heavy atom. The van der Waals surface area contributed by atoms with E-state index < -0.39 is 0 Å². The summed E-state index contributed by atoms with van der Waals surface area (Å²) in [5.74, 6) is 0. The van der Waals surface area contributed by atoms with E-state index >= 15 is 0 Å². The van der Waals surface area contributed by atoms with E-state index in [0.29, 0.717) is 0 Å². The van der Waals surface area contributed by atoms with Crippen molar-refractivity contribution in [2.75, 3.05) is 0 Å². The van der Waals surface area contributed by atoms with Gasteiger partial charge in [-0.15, -0.1) is 0 Å². The zero-order chi connectivity index (χ0) is 6.97. The molecule has 10 heavy (non-hydrogen) atoms. The lowest BCUT2D eigenvalue weighted by Gasteiger charge is -1.85. The van der Waals surface area contributed by atoms with Crippen molar-refractivity contribution in [3.05, 3.63) is 30.2 Å². The summed E-state index contributed by atoms with van der Waals surface area (Å²) in [4.78, 5) is 4.21. The lowest BCUT2D eigenvalue weighted by molar-refractivity contribution is 0.934. The van der Waals surface area contributed by atoms with Crippen LogP contribution in [0, 0.1) is 6.92 Å². The molecule has 0 atom stereocenters. The Morgan fingerprint density at radius 1 is 1.50 bits per heavy atom. The van der Waals surface area contributed by atoms with Gasteiger partial charge < -0.3 is 0 Å². The molecule has 0 aliphatic carbocycles. The summed E-state index contributed by atoms with van der Waals surface area (Å²) in [5, 5.41) is 4.06. The van der Waals surface area contributed by atoms with Crippen molar-refractivity contribution in [2.45, 2.75) is 6.92 Å². The normalized spacial score (nSPS) is 10.5. The van der Waals surface area contributed by atoms with Crippen LogP contribution in [0.5, 0.6) is 0 Å². The Hall–Kier alpha value is -1.38. The predicted octanol–water partition coefficient (Wildman–Crippen LogP) is 1.04. The van der Waals surface area contributed by atoms with Gasteiger partial charge in [0, 0.05) is 6.20 Å². The van der Waals surface area contributed by atoms with Gasteiger partial charge >= 0.3 is 0 Å². The van der Waals surface area contributed by atoms with E-state index in [1.165, 1.54) is 0 Å². The lowest BCUT2D eigenvalue weighted by atomic mass is 10.6. The van der Waals surface area contributed by atoms with Crippen LogP contribution in [0.15, 0.2) is 24.5 Å². The second-order valence-corrected chi connectivity index (χ2v) is 2.21. The van der Waals surface area contributed by atoms with E-state index in [1.54, 1.807) is 10.7 Å². The third-order valence-corrected chi connectivity index (χ3v) is 1.36. The van der Waals surface area contributed by atoms with Crippen molar-refractivity contribution in [3.63, 3.8) is 0 Å².